The van der Waals surface area contributed by atoms with Crippen LogP contribution >= 0.6 is 0 Å². The maximum atomic E-state index is 12.8. The molecule has 3 aromatic rings. The Hall–Kier alpha value is -3.74. The highest BCUT2D eigenvalue weighted by Gasteiger charge is 2.28. The van der Waals surface area contributed by atoms with Gasteiger partial charge in [-0.15, -0.1) is 0 Å². The number of aryl methyl sites for hydroxylation is 1. The first-order valence-corrected chi connectivity index (χ1v) is 9.79. The molecule has 7 nitrogen and oxygen atoms in total. The van der Waals surface area contributed by atoms with Gasteiger partial charge >= 0.3 is 0 Å². The molecular formula is C23H22N4O3. The minimum atomic E-state index is -0.242. The third-order valence-corrected chi connectivity index (χ3v) is 5.24. The van der Waals surface area contributed by atoms with Crippen LogP contribution in [0.3, 0.4) is 0 Å². The summed E-state index contributed by atoms with van der Waals surface area (Å²) in [6, 6.07) is 16.7. The van der Waals surface area contributed by atoms with Crippen LogP contribution in [0.1, 0.15) is 40.2 Å². The molecule has 1 saturated heterocycles. The van der Waals surface area contributed by atoms with Gasteiger partial charge in [0.1, 0.15) is 0 Å². The highest BCUT2D eigenvalue weighted by molar-refractivity contribution is 6.05. The van der Waals surface area contributed by atoms with E-state index in [9.17, 15) is 14.4 Å². The molecule has 0 saturated carbocycles. The van der Waals surface area contributed by atoms with Crippen molar-refractivity contribution < 1.29 is 14.4 Å². The molecule has 0 unspecified atom stereocenters. The van der Waals surface area contributed by atoms with Gasteiger partial charge in [-0.3, -0.25) is 19.3 Å². The monoisotopic (exact) mass is 402 g/mol. The van der Waals surface area contributed by atoms with Crippen molar-refractivity contribution in [1.82, 2.24) is 14.7 Å². The van der Waals surface area contributed by atoms with Gasteiger partial charge in [-0.05, 0) is 43.7 Å². The van der Waals surface area contributed by atoms with Crippen molar-refractivity contribution in [2.75, 3.05) is 5.32 Å². The number of nitrogens with zero attached hydrogens (tertiary/aromatic N) is 3. The van der Waals surface area contributed by atoms with Crippen molar-refractivity contribution in [2.45, 2.75) is 33.2 Å². The molecule has 0 spiro atoms. The summed E-state index contributed by atoms with van der Waals surface area (Å²) >= 11 is 0. The molecule has 2 aromatic carbocycles. The molecule has 1 aromatic heterocycles. The Morgan fingerprint density at radius 2 is 1.60 bits per heavy atom. The fourth-order valence-electron chi connectivity index (χ4n) is 3.57. The van der Waals surface area contributed by atoms with E-state index in [0.717, 1.165) is 22.6 Å². The van der Waals surface area contributed by atoms with Crippen LogP contribution in [0.15, 0.2) is 54.6 Å². The number of carbonyl (C=O) groups is 3. The summed E-state index contributed by atoms with van der Waals surface area (Å²) in [5, 5.41) is 7.50. The first-order valence-electron chi connectivity index (χ1n) is 9.79. The van der Waals surface area contributed by atoms with E-state index in [1.807, 2.05) is 44.2 Å². The number of carbonyl (C=O) groups excluding carboxylic acids is 3. The number of aromatic nitrogens is 2. The summed E-state index contributed by atoms with van der Waals surface area (Å²) in [5.41, 5.74) is 4.47. The van der Waals surface area contributed by atoms with Gasteiger partial charge in [0.15, 0.2) is 0 Å². The van der Waals surface area contributed by atoms with Crippen LogP contribution in [0.4, 0.5) is 5.69 Å². The van der Waals surface area contributed by atoms with Gasteiger partial charge < -0.3 is 5.32 Å². The van der Waals surface area contributed by atoms with Gasteiger partial charge in [-0.25, -0.2) is 4.68 Å². The van der Waals surface area contributed by atoms with Crippen molar-refractivity contribution in [3.8, 4) is 5.69 Å². The van der Waals surface area contributed by atoms with Crippen LogP contribution in [0.25, 0.3) is 5.69 Å². The first kappa shape index (κ1) is 19.6. The van der Waals surface area contributed by atoms with Crippen LogP contribution < -0.4 is 5.32 Å². The van der Waals surface area contributed by atoms with Gasteiger partial charge in [0.2, 0.25) is 11.8 Å². The molecule has 1 aliphatic rings. The molecule has 0 aliphatic carbocycles. The zero-order valence-corrected chi connectivity index (χ0v) is 16.9. The van der Waals surface area contributed by atoms with E-state index in [2.05, 4.69) is 10.4 Å². The van der Waals surface area contributed by atoms with E-state index < -0.39 is 0 Å². The summed E-state index contributed by atoms with van der Waals surface area (Å²) in [7, 11) is 0. The quantitative estimate of drug-likeness (QED) is 0.663. The Labute approximate surface area is 174 Å². The van der Waals surface area contributed by atoms with Gasteiger partial charge in [0.25, 0.3) is 5.91 Å². The van der Waals surface area contributed by atoms with Gasteiger partial charge in [0.05, 0.1) is 29.3 Å². The number of hydrogen-bond acceptors (Lipinski definition) is 4. The number of imide groups is 1. The minimum Gasteiger partial charge on any atom is -0.319 e. The highest BCUT2D eigenvalue weighted by Crippen LogP contribution is 2.23. The third-order valence-electron chi connectivity index (χ3n) is 5.24. The lowest BCUT2D eigenvalue weighted by Gasteiger charge is -2.14. The topological polar surface area (TPSA) is 84.3 Å². The van der Waals surface area contributed by atoms with E-state index in [-0.39, 0.29) is 37.1 Å². The Bertz CT molecular complexity index is 1100. The van der Waals surface area contributed by atoms with E-state index in [1.165, 1.54) is 4.90 Å². The van der Waals surface area contributed by atoms with Crippen molar-refractivity contribution in [2.24, 2.45) is 0 Å². The van der Waals surface area contributed by atoms with Gasteiger partial charge in [-0.1, -0.05) is 30.3 Å². The summed E-state index contributed by atoms with van der Waals surface area (Å²) in [6.07, 6.45) is 0.545. The number of para-hydroxylation sites is 1. The van der Waals surface area contributed by atoms with E-state index in [4.69, 9.17) is 0 Å². The second-order valence-corrected chi connectivity index (χ2v) is 7.32. The molecule has 3 amide bonds. The van der Waals surface area contributed by atoms with Crippen LogP contribution in [0, 0.1) is 13.8 Å². The van der Waals surface area contributed by atoms with Crippen molar-refractivity contribution in [3.05, 3.63) is 77.1 Å². The van der Waals surface area contributed by atoms with Crippen LogP contribution in [0.5, 0.6) is 0 Å². The van der Waals surface area contributed by atoms with Crippen LogP contribution in [-0.2, 0) is 16.1 Å². The lowest BCUT2D eigenvalue weighted by Crippen LogP contribution is -2.28. The number of likely N-dealkylation sites (tertiary alicyclic amines) is 1. The minimum absolute atomic E-state index is 0.150. The number of anilines is 1. The molecule has 1 aliphatic heterocycles. The maximum Gasteiger partial charge on any atom is 0.255 e. The van der Waals surface area contributed by atoms with Crippen molar-refractivity contribution >= 4 is 23.4 Å². The van der Waals surface area contributed by atoms with Crippen molar-refractivity contribution in [3.63, 3.8) is 0 Å². The molecule has 2 heterocycles. The average molecular weight is 402 g/mol. The number of nitrogens with one attached hydrogen (secondary N) is 1. The Kier molecular flexibility index (Phi) is 5.18. The average Bonchev–Trinajstić information content (AvgIpc) is 3.22. The lowest BCUT2D eigenvalue weighted by atomic mass is 10.1. The maximum absolute atomic E-state index is 12.8. The standard InChI is InChI=1S/C23H22N4O3/c1-15-22(16(2)27(25-15)19-6-4-3-5-7-19)24-23(30)18-10-8-17(9-11-18)14-26-20(28)12-13-21(26)29/h3-11H,12-14H2,1-2H3,(H,24,30). The zero-order chi connectivity index (χ0) is 21.3. The third kappa shape index (κ3) is 3.74. The SMILES string of the molecule is Cc1nn(-c2ccccc2)c(C)c1NC(=O)c1ccc(CN2C(=O)CCC2=O)cc1. The molecule has 0 radical (unpaired) electrons. The predicted octanol–water partition coefficient (Wildman–Crippen LogP) is 3.39. The molecular weight excluding hydrogens is 380 g/mol. The predicted molar refractivity (Wildman–Crippen MR) is 112 cm³/mol. The lowest BCUT2D eigenvalue weighted by molar-refractivity contribution is -0.139. The summed E-state index contributed by atoms with van der Waals surface area (Å²) in [4.78, 5) is 37.6. The smallest absolute Gasteiger partial charge is 0.255 e. The van der Waals surface area contributed by atoms with Crippen LogP contribution in [-0.4, -0.2) is 32.4 Å². The normalized spacial score (nSPS) is 13.7. The zero-order valence-electron chi connectivity index (χ0n) is 16.9. The van der Waals surface area contributed by atoms with Crippen molar-refractivity contribution in [1.29, 1.82) is 0 Å². The Balaban J connectivity index is 1.49. The number of hydrogen-bond donors (Lipinski definition) is 1. The molecule has 1 N–H and O–H groups in total. The molecule has 1 fully saturated rings. The summed E-state index contributed by atoms with van der Waals surface area (Å²) in [5.74, 6) is -0.542. The first-order chi connectivity index (χ1) is 14.4. The number of benzene rings is 2. The fraction of sp³-hybridized carbons (Fsp3) is 0.217. The molecule has 0 bridgehead atoms. The fourth-order valence-corrected chi connectivity index (χ4v) is 3.57. The molecule has 152 valence electrons. The van der Waals surface area contributed by atoms with E-state index in [0.29, 0.717) is 11.3 Å². The van der Waals surface area contributed by atoms with Gasteiger partial charge in [0, 0.05) is 18.4 Å². The summed E-state index contributed by atoms with van der Waals surface area (Å²) < 4.78 is 1.80. The number of amides is 3. The van der Waals surface area contributed by atoms with Gasteiger partial charge in [-0.2, -0.15) is 5.10 Å². The Morgan fingerprint density at radius 1 is 0.967 bits per heavy atom. The van der Waals surface area contributed by atoms with Crippen LogP contribution in [0.2, 0.25) is 0 Å². The molecule has 0 atom stereocenters. The number of rotatable bonds is 5. The highest BCUT2D eigenvalue weighted by atomic mass is 16.2. The summed E-state index contributed by atoms with van der Waals surface area (Å²) in [6.45, 7) is 4.01. The molecule has 4 rings (SSSR count). The largest absolute Gasteiger partial charge is 0.319 e. The molecule has 30 heavy (non-hydrogen) atoms. The van der Waals surface area contributed by atoms with E-state index in [1.54, 1.807) is 28.9 Å². The Morgan fingerprint density at radius 3 is 2.23 bits per heavy atom. The molecule has 7 heteroatoms. The second-order valence-electron chi connectivity index (χ2n) is 7.32. The second kappa shape index (κ2) is 7.94. The van der Waals surface area contributed by atoms with E-state index >= 15 is 0 Å².